The number of benzene rings is 1. The predicted molar refractivity (Wildman–Crippen MR) is 70.8 cm³/mol. The number of nitrogens with one attached hydrogen (secondary N) is 1. The van der Waals surface area contributed by atoms with Crippen molar-refractivity contribution in [1.29, 1.82) is 0 Å². The van der Waals surface area contributed by atoms with E-state index in [-0.39, 0.29) is 0 Å². The van der Waals surface area contributed by atoms with Gasteiger partial charge in [0.2, 0.25) is 0 Å². The summed E-state index contributed by atoms with van der Waals surface area (Å²) in [5.41, 5.74) is 0.976. The van der Waals surface area contributed by atoms with E-state index < -0.39 is 0 Å². The first-order valence-electron chi connectivity index (χ1n) is 5.77. The maximum Gasteiger partial charge on any atom is 0.124 e. The van der Waals surface area contributed by atoms with Gasteiger partial charge in [0.05, 0.1) is 20.3 Å². The lowest BCUT2D eigenvalue weighted by Gasteiger charge is -2.11. The van der Waals surface area contributed by atoms with Gasteiger partial charge in [-0.25, -0.2) is 0 Å². The quantitative estimate of drug-likeness (QED) is 0.762. The second-order valence-corrected chi connectivity index (χ2v) is 4.55. The van der Waals surface area contributed by atoms with Crippen molar-refractivity contribution in [3.8, 4) is 5.75 Å². The Kier molecular flexibility index (Phi) is 6.34. The normalized spacial score (nSPS) is 10.9. The van der Waals surface area contributed by atoms with Crippen LogP contribution in [0.25, 0.3) is 0 Å². The first-order chi connectivity index (χ1) is 8.13. The summed E-state index contributed by atoms with van der Waals surface area (Å²) in [6, 6.07) is 6.02. The van der Waals surface area contributed by atoms with Crippen molar-refractivity contribution in [2.75, 3.05) is 20.3 Å². The molecule has 0 aliphatic heterocycles. The highest BCUT2D eigenvalue weighted by atomic mass is 35.5. The Labute approximate surface area is 108 Å². The van der Waals surface area contributed by atoms with Crippen LogP contribution in [0.15, 0.2) is 18.2 Å². The molecular weight excluding hydrogens is 238 g/mol. The Balaban J connectivity index is 2.37. The van der Waals surface area contributed by atoms with E-state index in [9.17, 15) is 0 Å². The Morgan fingerprint density at radius 3 is 2.76 bits per heavy atom. The molecule has 0 aromatic heterocycles. The first-order valence-corrected chi connectivity index (χ1v) is 6.15. The molecule has 4 heteroatoms. The maximum atomic E-state index is 5.93. The maximum absolute atomic E-state index is 5.93. The Morgan fingerprint density at radius 2 is 2.12 bits per heavy atom. The van der Waals surface area contributed by atoms with Crippen molar-refractivity contribution in [2.24, 2.45) is 0 Å². The van der Waals surface area contributed by atoms with Crippen LogP contribution in [0.5, 0.6) is 5.75 Å². The van der Waals surface area contributed by atoms with Crippen LogP contribution in [-0.4, -0.2) is 26.3 Å². The number of hydrogen-bond donors (Lipinski definition) is 1. The lowest BCUT2D eigenvalue weighted by Crippen LogP contribution is -2.26. The monoisotopic (exact) mass is 257 g/mol. The fraction of sp³-hybridized carbons (Fsp3) is 0.538. The van der Waals surface area contributed by atoms with Crippen molar-refractivity contribution in [3.05, 3.63) is 28.8 Å². The van der Waals surface area contributed by atoms with Gasteiger partial charge in [-0.1, -0.05) is 25.4 Å². The third kappa shape index (κ3) is 5.39. The van der Waals surface area contributed by atoms with Gasteiger partial charge in [0, 0.05) is 23.2 Å². The van der Waals surface area contributed by atoms with E-state index in [4.69, 9.17) is 21.1 Å². The van der Waals surface area contributed by atoms with Crippen LogP contribution in [0.3, 0.4) is 0 Å². The van der Waals surface area contributed by atoms with Gasteiger partial charge in [0.25, 0.3) is 0 Å². The molecule has 0 saturated heterocycles. The van der Waals surface area contributed by atoms with Crippen LogP contribution in [0.1, 0.15) is 19.4 Å². The molecule has 17 heavy (non-hydrogen) atoms. The number of halogens is 1. The fourth-order valence-corrected chi connectivity index (χ4v) is 1.66. The van der Waals surface area contributed by atoms with Crippen LogP contribution >= 0.6 is 11.6 Å². The molecule has 0 aliphatic rings. The van der Waals surface area contributed by atoms with Crippen molar-refractivity contribution >= 4 is 11.6 Å². The molecule has 0 saturated carbocycles. The smallest absolute Gasteiger partial charge is 0.124 e. The van der Waals surface area contributed by atoms with Gasteiger partial charge in [0.15, 0.2) is 0 Å². The second-order valence-electron chi connectivity index (χ2n) is 4.12. The zero-order chi connectivity index (χ0) is 12.7. The van der Waals surface area contributed by atoms with E-state index in [0.717, 1.165) is 17.9 Å². The molecule has 0 spiro atoms. The molecular formula is C13H20ClNO2. The fourth-order valence-electron chi connectivity index (χ4n) is 1.46. The van der Waals surface area contributed by atoms with Gasteiger partial charge in [-0.2, -0.15) is 0 Å². The number of hydrogen-bond acceptors (Lipinski definition) is 3. The van der Waals surface area contributed by atoms with Crippen LogP contribution < -0.4 is 10.1 Å². The summed E-state index contributed by atoms with van der Waals surface area (Å²) in [5, 5.41) is 3.99. The van der Waals surface area contributed by atoms with Gasteiger partial charge < -0.3 is 14.8 Å². The average molecular weight is 258 g/mol. The largest absolute Gasteiger partial charge is 0.496 e. The summed E-state index contributed by atoms with van der Waals surface area (Å²) in [4.78, 5) is 0. The van der Waals surface area contributed by atoms with E-state index in [2.05, 4.69) is 19.2 Å². The molecule has 0 fully saturated rings. The molecule has 0 radical (unpaired) electrons. The molecule has 0 atom stereocenters. The lowest BCUT2D eigenvalue weighted by atomic mass is 10.2. The van der Waals surface area contributed by atoms with Crippen molar-refractivity contribution in [3.63, 3.8) is 0 Å². The summed E-state index contributed by atoms with van der Waals surface area (Å²) in [6.07, 6.45) is 0. The van der Waals surface area contributed by atoms with Crippen molar-refractivity contribution in [2.45, 2.75) is 26.5 Å². The second kappa shape index (κ2) is 7.54. The highest BCUT2D eigenvalue weighted by Crippen LogP contribution is 2.23. The molecule has 0 heterocycles. The molecule has 0 bridgehead atoms. The highest BCUT2D eigenvalue weighted by Gasteiger charge is 2.03. The van der Waals surface area contributed by atoms with E-state index in [1.807, 2.05) is 18.2 Å². The SMILES string of the molecule is COc1ccc(Cl)cc1COCCNC(C)C. The molecule has 1 N–H and O–H groups in total. The van der Waals surface area contributed by atoms with Crippen LogP contribution in [-0.2, 0) is 11.3 Å². The predicted octanol–water partition coefficient (Wildman–Crippen LogP) is 2.86. The van der Waals surface area contributed by atoms with Crippen LogP contribution in [0, 0.1) is 0 Å². The summed E-state index contributed by atoms with van der Waals surface area (Å²) in [7, 11) is 1.65. The van der Waals surface area contributed by atoms with Crippen molar-refractivity contribution in [1.82, 2.24) is 5.32 Å². The summed E-state index contributed by atoms with van der Waals surface area (Å²) in [6.45, 7) is 6.26. The van der Waals surface area contributed by atoms with Gasteiger partial charge in [-0.15, -0.1) is 0 Å². The third-order valence-corrected chi connectivity index (χ3v) is 2.53. The lowest BCUT2D eigenvalue weighted by molar-refractivity contribution is 0.119. The van der Waals surface area contributed by atoms with E-state index >= 15 is 0 Å². The molecule has 1 rings (SSSR count). The number of ether oxygens (including phenoxy) is 2. The Morgan fingerprint density at radius 1 is 1.35 bits per heavy atom. The van der Waals surface area contributed by atoms with Gasteiger partial charge in [-0.05, 0) is 18.2 Å². The van der Waals surface area contributed by atoms with Crippen LogP contribution in [0.2, 0.25) is 5.02 Å². The molecule has 0 unspecified atom stereocenters. The van der Waals surface area contributed by atoms with Crippen LogP contribution in [0.4, 0.5) is 0 Å². The zero-order valence-corrected chi connectivity index (χ0v) is 11.4. The molecule has 0 amide bonds. The topological polar surface area (TPSA) is 30.5 Å². The van der Waals surface area contributed by atoms with E-state index in [1.165, 1.54) is 0 Å². The minimum Gasteiger partial charge on any atom is -0.496 e. The Hall–Kier alpha value is -0.770. The standard InChI is InChI=1S/C13H20ClNO2/c1-10(2)15-6-7-17-9-11-8-12(14)4-5-13(11)16-3/h4-5,8,10,15H,6-7,9H2,1-3H3. The summed E-state index contributed by atoms with van der Waals surface area (Å²) in [5.74, 6) is 0.811. The highest BCUT2D eigenvalue weighted by molar-refractivity contribution is 6.30. The van der Waals surface area contributed by atoms with Crippen molar-refractivity contribution < 1.29 is 9.47 Å². The minimum atomic E-state index is 0.485. The molecule has 3 nitrogen and oxygen atoms in total. The number of rotatable bonds is 7. The zero-order valence-electron chi connectivity index (χ0n) is 10.6. The molecule has 0 aliphatic carbocycles. The molecule has 1 aromatic rings. The Bertz CT molecular complexity index is 342. The minimum absolute atomic E-state index is 0.485. The van der Waals surface area contributed by atoms with Gasteiger partial charge in [0.1, 0.15) is 5.75 Å². The summed E-state index contributed by atoms with van der Waals surface area (Å²) < 4.78 is 10.8. The van der Waals surface area contributed by atoms with E-state index in [1.54, 1.807) is 7.11 Å². The van der Waals surface area contributed by atoms with E-state index in [0.29, 0.717) is 24.3 Å². The first kappa shape index (κ1) is 14.3. The average Bonchev–Trinajstić information content (AvgIpc) is 2.28. The molecule has 96 valence electrons. The number of methoxy groups -OCH3 is 1. The molecule has 1 aromatic carbocycles. The summed E-state index contributed by atoms with van der Waals surface area (Å²) >= 11 is 5.93. The van der Waals surface area contributed by atoms with Gasteiger partial charge in [-0.3, -0.25) is 0 Å². The van der Waals surface area contributed by atoms with Gasteiger partial charge >= 0.3 is 0 Å². The third-order valence-electron chi connectivity index (χ3n) is 2.30.